The Morgan fingerprint density at radius 3 is 1.64 bits per heavy atom. The zero-order chi connectivity index (χ0) is 14.8. The van der Waals surface area contributed by atoms with Gasteiger partial charge in [0.15, 0.2) is 11.6 Å². The van der Waals surface area contributed by atoms with Crippen molar-refractivity contribution in [2.45, 2.75) is 38.8 Å². The van der Waals surface area contributed by atoms with Crippen LogP contribution in [0.3, 0.4) is 0 Å². The van der Waals surface area contributed by atoms with Crippen LogP contribution in [-0.4, -0.2) is 55.5 Å². The Bertz CT molecular complexity index is 555. The lowest BCUT2D eigenvalue weighted by molar-refractivity contribution is 0.300. The Kier molecular flexibility index (Phi) is 3.95. The Balaban J connectivity index is 1.61. The predicted octanol–water partition coefficient (Wildman–Crippen LogP) is 1.58. The minimum absolute atomic E-state index is 0.894. The lowest BCUT2D eigenvalue weighted by Crippen LogP contribution is -2.26. The van der Waals surface area contributed by atoms with Crippen molar-refractivity contribution in [2.24, 2.45) is 0 Å². The quantitative estimate of drug-likeness (QED) is 0.841. The molecule has 4 rings (SSSR count). The van der Waals surface area contributed by atoms with E-state index in [0.29, 0.717) is 0 Å². The van der Waals surface area contributed by atoms with Crippen molar-refractivity contribution in [3.8, 4) is 0 Å². The van der Waals surface area contributed by atoms with Crippen molar-refractivity contribution in [1.82, 2.24) is 29.3 Å². The van der Waals surface area contributed by atoms with Gasteiger partial charge in [0.2, 0.25) is 0 Å². The fraction of sp³-hybridized carbons (Fsp3) is 0.625. The van der Waals surface area contributed by atoms with Crippen molar-refractivity contribution in [3.63, 3.8) is 0 Å². The highest BCUT2D eigenvalue weighted by Gasteiger charge is 2.21. The zero-order valence-electron chi connectivity index (χ0n) is 13.1. The SMILES string of the molecule is c1ccn(-n2c(CN3CCCC3)nnc2CN2CCCC2)c1. The summed E-state index contributed by atoms with van der Waals surface area (Å²) in [4.78, 5) is 4.95. The van der Waals surface area contributed by atoms with Crippen LogP contribution >= 0.6 is 0 Å². The molecule has 0 atom stereocenters. The minimum Gasteiger partial charge on any atom is -0.296 e. The van der Waals surface area contributed by atoms with E-state index in [4.69, 9.17) is 0 Å². The number of rotatable bonds is 5. The lowest BCUT2D eigenvalue weighted by Gasteiger charge is -2.18. The molecule has 0 amide bonds. The van der Waals surface area contributed by atoms with Gasteiger partial charge in [-0.05, 0) is 64.0 Å². The summed E-state index contributed by atoms with van der Waals surface area (Å²) in [5, 5.41) is 9.00. The number of aromatic nitrogens is 4. The molecule has 2 fully saturated rings. The third-order valence-electron chi connectivity index (χ3n) is 4.72. The van der Waals surface area contributed by atoms with E-state index in [9.17, 15) is 0 Å². The summed E-state index contributed by atoms with van der Waals surface area (Å²) in [5.74, 6) is 2.10. The van der Waals surface area contributed by atoms with Crippen LogP contribution < -0.4 is 0 Å². The normalized spacial score (nSPS) is 20.2. The van der Waals surface area contributed by atoms with Gasteiger partial charge in [-0.3, -0.25) is 14.5 Å². The molecule has 0 N–H and O–H groups in total. The minimum atomic E-state index is 0.894. The maximum absolute atomic E-state index is 4.50. The van der Waals surface area contributed by atoms with Crippen LogP contribution in [0.5, 0.6) is 0 Å². The van der Waals surface area contributed by atoms with Crippen LogP contribution in [0.25, 0.3) is 0 Å². The monoisotopic (exact) mass is 300 g/mol. The average Bonchev–Trinajstić information content (AvgIpc) is 3.27. The van der Waals surface area contributed by atoms with E-state index < -0.39 is 0 Å². The number of hydrogen-bond acceptors (Lipinski definition) is 4. The fourth-order valence-corrected chi connectivity index (χ4v) is 3.55. The molecule has 6 heteroatoms. The predicted molar refractivity (Wildman–Crippen MR) is 84.3 cm³/mol. The van der Waals surface area contributed by atoms with Crippen LogP contribution in [0.1, 0.15) is 37.3 Å². The van der Waals surface area contributed by atoms with Gasteiger partial charge in [0.1, 0.15) is 0 Å². The Hall–Kier alpha value is -1.66. The van der Waals surface area contributed by atoms with Crippen molar-refractivity contribution in [2.75, 3.05) is 26.2 Å². The topological polar surface area (TPSA) is 42.1 Å². The van der Waals surface area contributed by atoms with Crippen molar-refractivity contribution in [3.05, 3.63) is 36.2 Å². The summed E-state index contributed by atoms with van der Waals surface area (Å²) in [6, 6.07) is 4.11. The number of likely N-dealkylation sites (tertiary alicyclic amines) is 2. The van der Waals surface area contributed by atoms with Crippen LogP contribution in [0, 0.1) is 0 Å². The average molecular weight is 300 g/mol. The van der Waals surface area contributed by atoms with Crippen LogP contribution in [0.2, 0.25) is 0 Å². The van der Waals surface area contributed by atoms with Crippen molar-refractivity contribution in [1.29, 1.82) is 0 Å². The van der Waals surface area contributed by atoms with Crippen LogP contribution in [0.15, 0.2) is 24.5 Å². The molecule has 4 heterocycles. The van der Waals surface area contributed by atoms with Gasteiger partial charge in [-0.1, -0.05) is 0 Å². The molecular weight excluding hydrogens is 276 g/mol. The van der Waals surface area contributed by atoms with E-state index in [1.165, 1.54) is 51.9 Å². The summed E-state index contributed by atoms with van der Waals surface area (Å²) < 4.78 is 4.30. The molecule has 2 aromatic rings. The standard InChI is InChI=1S/C16H24N6/c1-2-8-19(7-1)13-15-17-18-16(14-20-9-3-4-10-20)22(15)21-11-5-6-12-21/h5-6,11-12H,1-4,7-10,13-14H2. The van der Waals surface area contributed by atoms with E-state index in [-0.39, 0.29) is 0 Å². The summed E-state index contributed by atoms with van der Waals surface area (Å²) in [6.07, 6.45) is 9.36. The van der Waals surface area contributed by atoms with E-state index >= 15 is 0 Å². The van der Waals surface area contributed by atoms with Crippen LogP contribution in [0.4, 0.5) is 0 Å². The molecule has 0 aliphatic carbocycles. The van der Waals surface area contributed by atoms with Crippen LogP contribution in [-0.2, 0) is 13.1 Å². The first-order valence-corrected chi connectivity index (χ1v) is 8.42. The molecule has 0 radical (unpaired) electrons. The smallest absolute Gasteiger partial charge is 0.167 e. The third-order valence-corrected chi connectivity index (χ3v) is 4.72. The fourth-order valence-electron chi connectivity index (χ4n) is 3.55. The molecule has 0 aromatic carbocycles. The Labute approximate surface area is 131 Å². The molecule has 2 saturated heterocycles. The van der Waals surface area contributed by atoms with E-state index in [1.807, 2.05) is 0 Å². The molecule has 6 nitrogen and oxygen atoms in total. The summed E-state index contributed by atoms with van der Waals surface area (Å²) in [6.45, 7) is 6.51. The maximum atomic E-state index is 4.50. The first-order chi connectivity index (χ1) is 10.9. The van der Waals surface area contributed by atoms with E-state index in [1.54, 1.807) is 0 Å². The highest BCUT2D eigenvalue weighted by Crippen LogP contribution is 2.16. The van der Waals surface area contributed by atoms with Gasteiger partial charge in [0.05, 0.1) is 13.1 Å². The first-order valence-electron chi connectivity index (χ1n) is 8.42. The zero-order valence-corrected chi connectivity index (χ0v) is 13.1. The molecule has 0 saturated carbocycles. The second-order valence-corrected chi connectivity index (χ2v) is 6.37. The van der Waals surface area contributed by atoms with Crippen molar-refractivity contribution >= 4 is 0 Å². The molecule has 118 valence electrons. The number of hydrogen-bond donors (Lipinski definition) is 0. The van der Waals surface area contributed by atoms with Gasteiger partial charge in [0.25, 0.3) is 0 Å². The van der Waals surface area contributed by atoms with Gasteiger partial charge in [0, 0.05) is 12.4 Å². The number of nitrogens with zero attached hydrogens (tertiary/aromatic N) is 6. The van der Waals surface area contributed by atoms with Gasteiger partial charge in [-0.15, -0.1) is 10.2 Å². The lowest BCUT2D eigenvalue weighted by atomic mass is 10.4. The Morgan fingerprint density at radius 1 is 0.727 bits per heavy atom. The van der Waals surface area contributed by atoms with Gasteiger partial charge < -0.3 is 0 Å². The van der Waals surface area contributed by atoms with Gasteiger partial charge in [-0.25, -0.2) is 4.68 Å². The highest BCUT2D eigenvalue weighted by atomic mass is 15.5. The first kappa shape index (κ1) is 14.0. The summed E-state index contributed by atoms with van der Waals surface area (Å²) in [5.41, 5.74) is 0. The second-order valence-electron chi connectivity index (χ2n) is 6.37. The Morgan fingerprint density at radius 2 is 1.18 bits per heavy atom. The largest absolute Gasteiger partial charge is 0.296 e. The maximum Gasteiger partial charge on any atom is 0.167 e. The highest BCUT2D eigenvalue weighted by molar-refractivity contribution is 5.02. The second kappa shape index (κ2) is 6.22. The summed E-state index contributed by atoms with van der Waals surface area (Å²) in [7, 11) is 0. The van der Waals surface area contributed by atoms with Gasteiger partial charge >= 0.3 is 0 Å². The molecule has 2 aliphatic rings. The summed E-state index contributed by atoms with van der Waals surface area (Å²) >= 11 is 0. The molecule has 22 heavy (non-hydrogen) atoms. The molecular formula is C16H24N6. The molecule has 2 aliphatic heterocycles. The van der Waals surface area contributed by atoms with Crippen molar-refractivity contribution < 1.29 is 0 Å². The molecule has 2 aromatic heterocycles. The van der Waals surface area contributed by atoms with E-state index in [2.05, 4.69) is 53.9 Å². The third kappa shape index (κ3) is 2.80. The van der Waals surface area contributed by atoms with E-state index in [0.717, 1.165) is 24.7 Å². The molecule has 0 unspecified atom stereocenters. The molecule has 0 bridgehead atoms. The molecule has 0 spiro atoms. The van der Waals surface area contributed by atoms with Gasteiger partial charge in [-0.2, -0.15) is 0 Å².